The van der Waals surface area contributed by atoms with Crippen LogP contribution >= 0.6 is 12.4 Å². The molecule has 2 fully saturated rings. The molecule has 0 aliphatic carbocycles. The maximum absolute atomic E-state index is 12.8. The summed E-state index contributed by atoms with van der Waals surface area (Å²) >= 11 is 0. The van der Waals surface area contributed by atoms with Crippen molar-refractivity contribution in [3.05, 3.63) is 35.6 Å². The third kappa shape index (κ3) is 6.34. The van der Waals surface area contributed by atoms with Crippen LogP contribution in [0.1, 0.15) is 12.0 Å². The molecule has 150 valence electrons. The van der Waals surface area contributed by atoms with Gasteiger partial charge in [-0.05, 0) is 24.1 Å². The molecule has 7 nitrogen and oxygen atoms in total. The number of carbonyl (C=O) groups is 2. The zero-order chi connectivity index (χ0) is 18.4. The summed E-state index contributed by atoms with van der Waals surface area (Å²) in [5.41, 5.74) is 0.797. The Morgan fingerprint density at radius 2 is 1.81 bits per heavy atom. The Kier molecular flexibility index (Phi) is 8.27. The summed E-state index contributed by atoms with van der Waals surface area (Å²) in [5, 5.41) is 8.60. The maximum Gasteiger partial charge on any atom is 0.315 e. The van der Waals surface area contributed by atoms with Gasteiger partial charge >= 0.3 is 6.03 Å². The van der Waals surface area contributed by atoms with E-state index in [-0.39, 0.29) is 37.2 Å². The van der Waals surface area contributed by atoms with E-state index in [1.54, 1.807) is 12.1 Å². The molecule has 3 amide bonds. The number of rotatable bonds is 5. The van der Waals surface area contributed by atoms with E-state index in [0.29, 0.717) is 6.04 Å². The van der Waals surface area contributed by atoms with Gasteiger partial charge in [0.05, 0.1) is 6.54 Å². The molecule has 0 spiro atoms. The van der Waals surface area contributed by atoms with Crippen molar-refractivity contribution >= 4 is 24.3 Å². The lowest BCUT2D eigenvalue weighted by molar-refractivity contribution is -0.129. The molecule has 0 radical (unpaired) electrons. The molecule has 1 aromatic rings. The quantitative estimate of drug-likeness (QED) is 0.676. The van der Waals surface area contributed by atoms with Gasteiger partial charge in [-0.3, -0.25) is 9.69 Å². The van der Waals surface area contributed by atoms with Crippen molar-refractivity contribution in [3.8, 4) is 0 Å². The largest absolute Gasteiger partial charge is 0.340 e. The summed E-state index contributed by atoms with van der Waals surface area (Å²) in [7, 11) is 0. The van der Waals surface area contributed by atoms with Crippen molar-refractivity contribution < 1.29 is 14.0 Å². The fraction of sp³-hybridized carbons (Fsp3) is 0.556. The summed E-state index contributed by atoms with van der Waals surface area (Å²) in [5.74, 6) is -0.368. The molecule has 2 saturated heterocycles. The monoisotopic (exact) mass is 399 g/mol. The average Bonchev–Trinajstić information content (AvgIpc) is 3.17. The number of urea groups is 1. The number of carbonyl (C=O) groups excluding carboxylic acids is 2. The molecule has 3 rings (SSSR count). The van der Waals surface area contributed by atoms with Gasteiger partial charge in [-0.2, -0.15) is 0 Å². The number of nitrogens with one attached hydrogen (secondary N) is 3. The van der Waals surface area contributed by atoms with Gasteiger partial charge in [0, 0.05) is 51.9 Å². The maximum atomic E-state index is 12.8. The highest BCUT2D eigenvalue weighted by Gasteiger charge is 2.30. The van der Waals surface area contributed by atoms with E-state index >= 15 is 0 Å². The highest BCUT2D eigenvalue weighted by Crippen LogP contribution is 2.16. The van der Waals surface area contributed by atoms with Crippen molar-refractivity contribution in [1.29, 1.82) is 0 Å². The third-order valence-electron chi connectivity index (χ3n) is 4.95. The zero-order valence-corrected chi connectivity index (χ0v) is 16.1. The van der Waals surface area contributed by atoms with Crippen LogP contribution in [0.25, 0.3) is 0 Å². The van der Waals surface area contributed by atoms with E-state index in [2.05, 4.69) is 20.9 Å². The molecule has 1 atom stereocenters. The summed E-state index contributed by atoms with van der Waals surface area (Å²) in [6, 6.07) is 5.94. The van der Waals surface area contributed by atoms with Crippen molar-refractivity contribution in [1.82, 2.24) is 25.8 Å². The van der Waals surface area contributed by atoms with E-state index in [0.717, 1.165) is 51.3 Å². The lowest BCUT2D eigenvalue weighted by Gasteiger charge is -2.32. The van der Waals surface area contributed by atoms with Crippen LogP contribution in [0.4, 0.5) is 9.18 Å². The third-order valence-corrected chi connectivity index (χ3v) is 4.95. The first-order valence-corrected chi connectivity index (χ1v) is 9.10. The van der Waals surface area contributed by atoms with Crippen LogP contribution in [-0.2, 0) is 11.3 Å². The Labute approximate surface area is 165 Å². The van der Waals surface area contributed by atoms with Gasteiger partial charge in [-0.1, -0.05) is 12.1 Å². The number of nitrogens with zero attached hydrogens (tertiary/aromatic N) is 2. The Balaban J connectivity index is 0.00000261. The second-order valence-corrected chi connectivity index (χ2v) is 6.73. The fourth-order valence-corrected chi connectivity index (χ4v) is 3.43. The Bertz CT molecular complexity index is 625. The molecule has 2 aliphatic rings. The average molecular weight is 400 g/mol. The molecule has 0 bridgehead atoms. The van der Waals surface area contributed by atoms with Gasteiger partial charge in [0.2, 0.25) is 5.91 Å². The number of amides is 3. The number of piperazine rings is 1. The fourth-order valence-electron chi connectivity index (χ4n) is 3.43. The van der Waals surface area contributed by atoms with Crippen molar-refractivity contribution in [2.45, 2.75) is 19.0 Å². The van der Waals surface area contributed by atoms with Crippen LogP contribution in [0.5, 0.6) is 0 Å². The molecule has 1 unspecified atom stereocenters. The molecule has 9 heteroatoms. The van der Waals surface area contributed by atoms with E-state index < -0.39 is 6.03 Å². The molecular formula is C18H27ClFN5O2. The second kappa shape index (κ2) is 10.4. The van der Waals surface area contributed by atoms with E-state index in [4.69, 9.17) is 0 Å². The van der Waals surface area contributed by atoms with Crippen LogP contribution in [-0.4, -0.2) is 73.6 Å². The minimum absolute atomic E-state index is 0. The van der Waals surface area contributed by atoms with Gasteiger partial charge in [-0.15, -0.1) is 12.4 Å². The lowest BCUT2D eigenvalue weighted by Crippen LogP contribution is -2.50. The minimum atomic E-state index is -0.402. The smallest absolute Gasteiger partial charge is 0.315 e. The number of likely N-dealkylation sites (tertiary alicyclic amines) is 1. The van der Waals surface area contributed by atoms with Crippen molar-refractivity contribution in [3.63, 3.8) is 0 Å². The first-order valence-electron chi connectivity index (χ1n) is 9.10. The Morgan fingerprint density at radius 1 is 1.11 bits per heavy atom. The van der Waals surface area contributed by atoms with Crippen molar-refractivity contribution in [2.24, 2.45) is 0 Å². The highest BCUT2D eigenvalue weighted by atomic mass is 35.5. The van der Waals surface area contributed by atoms with Crippen LogP contribution < -0.4 is 16.0 Å². The van der Waals surface area contributed by atoms with Gasteiger partial charge in [0.1, 0.15) is 5.82 Å². The summed E-state index contributed by atoms with van der Waals surface area (Å²) < 4.78 is 12.8. The lowest BCUT2D eigenvalue weighted by atomic mass is 10.2. The number of halogens is 2. The van der Waals surface area contributed by atoms with Crippen LogP contribution in [0, 0.1) is 5.82 Å². The molecule has 2 heterocycles. The first-order chi connectivity index (χ1) is 12.6. The SMILES string of the molecule is Cl.O=C(NCC(=O)N1CCC(N2CCNCC2)C1)NCc1ccc(F)cc1. The van der Waals surface area contributed by atoms with Crippen molar-refractivity contribution in [2.75, 3.05) is 45.8 Å². The molecule has 27 heavy (non-hydrogen) atoms. The first kappa shape index (κ1) is 21.4. The molecule has 0 saturated carbocycles. The van der Waals surface area contributed by atoms with Gasteiger partial charge < -0.3 is 20.9 Å². The Hall–Kier alpha value is -1.90. The molecule has 2 aliphatic heterocycles. The van der Waals surface area contributed by atoms with Crippen LogP contribution in [0.2, 0.25) is 0 Å². The van der Waals surface area contributed by atoms with Gasteiger partial charge in [0.25, 0.3) is 0 Å². The predicted octanol–water partition coefficient (Wildman–Crippen LogP) is 0.553. The zero-order valence-electron chi connectivity index (χ0n) is 15.2. The Morgan fingerprint density at radius 3 is 2.52 bits per heavy atom. The van der Waals surface area contributed by atoms with E-state index in [1.165, 1.54) is 12.1 Å². The molecule has 3 N–H and O–H groups in total. The molecular weight excluding hydrogens is 373 g/mol. The van der Waals surface area contributed by atoms with E-state index in [9.17, 15) is 14.0 Å². The highest BCUT2D eigenvalue weighted by molar-refractivity contribution is 5.85. The van der Waals surface area contributed by atoms with Gasteiger partial charge in [0.15, 0.2) is 0 Å². The molecule has 1 aromatic carbocycles. The topological polar surface area (TPSA) is 76.7 Å². The van der Waals surface area contributed by atoms with Crippen LogP contribution in [0.15, 0.2) is 24.3 Å². The number of hydrogen-bond donors (Lipinski definition) is 3. The van der Waals surface area contributed by atoms with E-state index in [1.807, 2.05) is 4.90 Å². The number of benzene rings is 1. The molecule has 0 aromatic heterocycles. The summed E-state index contributed by atoms with van der Waals surface area (Å²) in [6.07, 6.45) is 0.989. The number of hydrogen-bond acceptors (Lipinski definition) is 4. The second-order valence-electron chi connectivity index (χ2n) is 6.73. The van der Waals surface area contributed by atoms with Gasteiger partial charge in [-0.25, -0.2) is 9.18 Å². The standard InChI is InChI=1S/C18H26FN5O2.ClH/c19-15-3-1-14(2-4-15)11-21-18(26)22-12-17(25)24-8-5-16(13-24)23-9-6-20-7-10-23;/h1-4,16,20H,5-13H2,(H2,21,22,26);1H. The minimum Gasteiger partial charge on any atom is -0.340 e. The predicted molar refractivity (Wildman–Crippen MR) is 103 cm³/mol. The summed E-state index contributed by atoms with van der Waals surface area (Å²) in [4.78, 5) is 28.4. The normalized spacial score (nSPS) is 20.0. The summed E-state index contributed by atoms with van der Waals surface area (Å²) in [6.45, 7) is 5.80. The van der Waals surface area contributed by atoms with Crippen LogP contribution in [0.3, 0.4) is 0 Å².